The van der Waals surface area contributed by atoms with Gasteiger partial charge < -0.3 is 10.1 Å². The van der Waals surface area contributed by atoms with E-state index in [2.05, 4.69) is 5.32 Å². The Morgan fingerprint density at radius 3 is 2.60 bits per heavy atom. The first-order valence-electron chi connectivity index (χ1n) is 7.54. The topological polar surface area (TPSA) is 55.4 Å². The minimum atomic E-state index is -0.732. The van der Waals surface area contributed by atoms with Crippen LogP contribution in [-0.2, 0) is 9.53 Å². The number of ether oxygens (including phenoxy) is 1. The number of benzene rings is 2. The Bertz CT molecular complexity index is 752. The Morgan fingerprint density at radius 1 is 1.20 bits per heavy atom. The Kier molecular flexibility index (Phi) is 7.28. The molecule has 2 aromatic carbocycles. The molecular formula is C18H17ClFNO3S. The molecule has 2 rings (SSSR count). The molecule has 0 aliphatic heterocycles. The van der Waals surface area contributed by atoms with Crippen molar-refractivity contribution in [3.8, 4) is 0 Å². The fourth-order valence-corrected chi connectivity index (χ4v) is 2.77. The number of carbonyl (C=O) groups is 2. The number of rotatable bonds is 7. The summed E-state index contributed by atoms with van der Waals surface area (Å²) in [5.74, 6) is -0.954. The SMILES string of the molecule is Cc1ccc(C(=O)OCC(=O)NCCSc2ccc(Cl)cc2)cc1F. The maximum atomic E-state index is 13.4. The third-order valence-electron chi connectivity index (χ3n) is 3.25. The highest BCUT2D eigenvalue weighted by atomic mass is 35.5. The van der Waals surface area contributed by atoms with E-state index in [1.165, 1.54) is 12.1 Å². The lowest BCUT2D eigenvalue weighted by Crippen LogP contribution is -2.30. The summed E-state index contributed by atoms with van der Waals surface area (Å²) in [6.45, 7) is 1.63. The summed E-state index contributed by atoms with van der Waals surface area (Å²) in [5, 5.41) is 3.33. The second-order valence-electron chi connectivity index (χ2n) is 5.19. The molecule has 0 aliphatic rings. The lowest BCUT2D eigenvalue weighted by Gasteiger charge is -2.07. The molecular weight excluding hydrogens is 365 g/mol. The van der Waals surface area contributed by atoms with Crippen molar-refractivity contribution >= 4 is 35.2 Å². The van der Waals surface area contributed by atoms with E-state index in [0.717, 1.165) is 11.0 Å². The number of hydrogen-bond acceptors (Lipinski definition) is 4. The van der Waals surface area contributed by atoms with Crippen LogP contribution in [0.5, 0.6) is 0 Å². The van der Waals surface area contributed by atoms with Crippen molar-refractivity contribution in [2.24, 2.45) is 0 Å². The van der Waals surface area contributed by atoms with Gasteiger partial charge in [-0.15, -0.1) is 11.8 Å². The van der Waals surface area contributed by atoms with Gasteiger partial charge in [-0.25, -0.2) is 9.18 Å². The van der Waals surface area contributed by atoms with Gasteiger partial charge in [0.15, 0.2) is 6.61 Å². The zero-order chi connectivity index (χ0) is 18.2. The van der Waals surface area contributed by atoms with Crippen molar-refractivity contribution in [1.29, 1.82) is 0 Å². The van der Waals surface area contributed by atoms with Gasteiger partial charge in [-0.3, -0.25) is 4.79 Å². The molecule has 0 atom stereocenters. The highest BCUT2D eigenvalue weighted by Gasteiger charge is 2.11. The second kappa shape index (κ2) is 9.44. The van der Waals surface area contributed by atoms with E-state index >= 15 is 0 Å². The predicted molar refractivity (Wildman–Crippen MR) is 96.6 cm³/mol. The smallest absolute Gasteiger partial charge is 0.338 e. The van der Waals surface area contributed by atoms with Crippen LogP contribution < -0.4 is 5.32 Å². The first-order chi connectivity index (χ1) is 12.0. The van der Waals surface area contributed by atoms with E-state index in [1.807, 2.05) is 12.1 Å². The summed E-state index contributed by atoms with van der Waals surface area (Å²) in [5.41, 5.74) is 0.515. The average molecular weight is 382 g/mol. The normalized spacial score (nSPS) is 10.4. The van der Waals surface area contributed by atoms with Gasteiger partial charge in [-0.05, 0) is 48.9 Å². The maximum absolute atomic E-state index is 13.4. The third-order valence-corrected chi connectivity index (χ3v) is 4.51. The molecule has 0 saturated carbocycles. The Labute approximate surface area is 154 Å². The molecule has 0 bridgehead atoms. The summed E-state index contributed by atoms with van der Waals surface area (Å²) < 4.78 is 18.3. The Hall–Kier alpha value is -2.05. The highest BCUT2D eigenvalue weighted by molar-refractivity contribution is 7.99. The molecule has 0 aliphatic carbocycles. The molecule has 25 heavy (non-hydrogen) atoms. The third kappa shape index (κ3) is 6.40. The zero-order valence-electron chi connectivity index (χ0n) is 13.6. The lowest BCUT2D eigenvalue weighted by atomic mass is 10.1. The second-order valence-corrected chi connectivity index (χ2v) is 6.80. The quantitative estimate of drug-likeness (QED) is 0.449. The van der Waals surface area contributed by atoms with Gasteiger partial charge >= 0.3 is 5.97 Å². The van der Waals surface area contributed by atoms with E-state index < -0.39 is 24.3 Å². The van der Waals surface area contributed by atoms with Crippen LogP contribution in [0.1, 0.15) is 15.9 Å². The summed E-state index contributed by atoms with van der Waals surface area (Å²) in [6, 6.07) is 11.4. The van der Waals surface area contributed by atoms with E-state index in [1.54, 1.807) is 30.8 Å². The number of aryl methyl sites for hydroxylation is 1. The fourth-order valence-electron chi connectivity index (χ4n) is 1.88. The van der Waals surface area contributed by atoms with Crippen molar-refractivity contribution in [2.45, 2.75) is 11.8 Å². The molecule has 0 spiro atoms. The number of amides is 1. The molecule has 0 saturated heterocycles. The minimum absolute atomic E-state index is 0.0780. The zero-order valence-corrected chi connectivity index (χ0v) is 15.1. The molecule has 2 aromatic rings. The van der Waals surface area contributed by atoms with E-state index in [9.17, 15) is 14.0 Å². The molecule has 132 valence electrons. The molecule has 4 nitrogen and oxygen atoms in total. The molecule has 0 fully saturated rings. The number of nitrogens with one attached hydrogen (secondary N) is 1. The summed E-state index contributed by atoms with van der Waals surface area (Å²) in [6.07, 6.45) is 0. The van der Waals surface area contributed by atoms with Gasteiger partial charge in [0.25, 0.3) is 5.91 Å². The van der Waals surface area contributed by atoms with Crippen molar-refractivity contribution in [3.63, 3.8) is 0 Å². The van der Waals surface area contributed by atoms with E-state index in [4.69, 9.17) is 16.3 Å². The Balaban J connectivity index is 1.67. The van der Waals surface area contributed by atoms with Gasteiger partial charge in [0.05, 0.1) is 5.56 Å². The van der Waals surface area contributed by atoms with Crippen LogP contribution in [0.4, 0.5) is 4.39 Å². The standard InChI is InChI=1S/C18H17ClFNO3S/c1-12-2-3-13(10-16(12)20)18(23)24-11-17(22)21-8-9-25-15-6-4-14(19)5-7-15/h2-7,10H,8-9,11H2,1H3,(H,21,22). The predicted octanol–water partition coefficient (Wildman–Crippen LogP) is 3.85. The lowest BCUT2D eigenvalue weighted by molar-refractivity contribution is -0.124. The molecule has 1 N–H and O–H groups in total. The van der Waals surface area contributed by atoms with Crippen LogP contribution >= 0.6 is 23.4 Å². The number of esters is 1. The van der Waals surface area contributed by atoms with E-state index in [0.29, 0.717) is 22.9 Å². The molecule has 0 aromatic heterocycles. The van der Waals surface area contributed by atoms with Gasteiger partial charge in [-0.1, -0.05) is 17.7 Å². The van der Waals surface area contributed by atoms with Crippen LogP contribution in [-0.4, -0.2) is 30.8 Å². The number of thioether (sulfide) groups is 1. The van der Waals surface area contributed by atoms with E-state index in [-0.39, 0.29) is 5.56 Å². The summed E-state index contributed by atoms with van der Waals surface area (Å²) in [7, 11) is 0. The molecule has 0 heterocycles. The van der Waals surface area contributed by atoms with Crippen molar-refractivity contribution < 1.29 is 18.7 Å². The van der Waals surface area contributed by atoms with Crippen LogP contribution in [0.15, 0.2) is 47.4 Å². The van der Waals surface area contributed by atoms with Crippen LogP contribution in [0.2, 0.25) is 5.02 Å². The molecule has 0 unspecified atom stereocenters. The highest BCUT2D eigenvalue weighted by Crippen LogP contribution is 2.19. The monoisotopic (exact) mass is 381 g/mol. The number of carbonyl (C=O) groups excluding carboxylic acids is 2. The number of hydrogen-bond donors (Lipinski definition) is 1. The van der Waals surface area contributed by atoms with Gasteiger partial charge in [0, 0.05) is 22.2 Å². The maximum Gasteiger partial charge on any atom is 0.338 e. The van der Waals surface area contributed by atoms with Crippen molar-refractivity contribution in [1.82, 2.24) is 5.32 Å². The molecule has 0 radical (unpaired) electrons. The first-order valence-corrected chi connectivity index (χ1v) is 8.90. The molecule has 7 heteroatoms. The van der Waals surface area contributed by atoms with Gasteiger partial charge in [0.2, 0.25) is 0 Å². The van der Waals surface area contributed by atoms with Gasteiger partial charge in [0.1, 0.15) is 5.82 Å². The molecule has 1 amide bonds. The average Bonchev–Trinajstić information content (AvgIpc) is 2.60. The Morgan fingerprint density at radius 2 is 1.92 bits per heavy atom. The fraction of sp³-hybridized carbons (Fsp3) is 0.222. The minimum Gasteiger partial charge on any atom is -0.452 e. The van der Waals surface area contributed by atoms with Crippen molar-refractivity contribution in [2.75, 3.05) is 18.9 Å². The van der Waals surface area contributed by atoms with Gasteiger partial charge in [-0.2, -0.15) is 0 Å². The largest absolute Gasteiger partial charge is 0.452 e. The summed E-state index contributed by atoms with van der Waals surface area (Å²) >= 11 is 7.38. The van der Waals surface area contributed by atoms with Crippen LogP contribution in [0.3, 0.4) is 0 Å². The van der Waals surface area contributed by atoms with Crippen LogP contribution in [0, 0.1) is 12.7 Å². The summed E-state index contributed by atoms with van der Waals surface area (Å²) in [4.78, 5) is 24.5. The first kappa shape index (κ1) is 19.3. The van der Waals surface area contributed by atoms with Crippen molar-refractivity contribution in [3.05, 3.63) is 64.4 Å². The van der Waals surface area contributed by atoms with Crippen LogP contribution in [0.25, 0.3) is 0 Å². The number of halogens is 2.